The first-order chi connectivity index (χ1) is 18.5. The maximum absolute atomic E-state index is 13.1. The molecular weight excluding hydrogens is 478 g/mol. The molecule has 1 fully saturated rings. The molecule has 1 saturated heterocycles. The highest BCUT2D eigenvalue weighted by atomic mass is 16.5. The Morgan fingerprint density at radius 2 is 1.74 bits per heavy atom. The Kier molecular flexibility index (Phi) is 7.75. The molecule has 0 aliphatic carbocycles. The lowest BCUT2D eigenvalue weighted by Gasteiger charge is -2.36. The van der Waals surface area contributed by atoms with E-state index in [-0.39, 0.29) is 11.3 Å². The molecule has 1 aliphatic rings. The largest absolute Gasteiger partial charge is 0.497 e. The first-order valence-electron chi connectivity index (χ1n) is 13.1. The molecule has 4 aromatic rings. The smallest absolute Gasteiger partial charge is 0.255 e. The van der Waals surface area contributed by atoms with Gasteiger partial charge >= 0.3 is 0 Å². The summed E-state index contributed by atoms with van der Waals surface area (Å²) in [5.41, 5.74) is 3.12. The number of rotatable bonds is 8. The summed E-state index contributed by atoms with van der Waals surface area (Å²) in [7, 11) is 1.69. The van der Waals surface area contributed by atoms with Crippen molar-refractivity contribution in [2.75, 3.05) is 51.3 Å². The van der Waals surface area contributed by atoms with E-state index < -0.39 is 0 Å². The van der Waals surface area contributed by atoms with Gasteiger partial charge in [-0.25, -0.2) is 0 Å². The molecule has 0 saturated carbocycles. The van der Waals surface area contributed by atoms with Crippen molar-refractivity contribution in [3.63, 3.8) is 0 Å². The molecule has 7 nitrogen and oxygen atoms in total. The van der Waals surface area contributed by atoms with E-state index in [1.54, 1.807) is 32.2 Å². The van der Waals surface area contributed by atoms with Crippen LogP contribution < -0.4 is 20.4 Å². The first-order valence-corrected chi connectivity index (χ1v) is 13.1. The molecule has 0 bridgehead atoms. The second-order valence-electron chi connectivity index (χ2n) is 9.57. The van der Waals surface area contributed by atoms with Crippen molar-refractivity contribution in [2.45, 2.75) is 13.3 Å². The summed E-state index contributed by atoms with van der Waals surface area (Å²) in [6, 6.07) is 22.8. The normalized spacial score (nSPS) is 14.0. The zero-order chi connectivity index (χ0) is 26.5. The Bertz CT molecular complexity index is 1470. The van der Waals surface area contributed by atoms with Crippen LogP contribution in [0.5, 0.6) is 5.75 Å². The Morgan fingerprint density at radius 1 is 0.974 bits per heavy atom. The van der Waals surface area contributed by atoms with E-state index in [0.29, 0.717) is 34.4 Å². The SMILES string of the molecule is COc1cccc(N2CCN(CCCNC(=O)c3cccc4c(=O)c(C)c(-c5ccccc5)oc34)CC2)c1. The van der Waals surface area contributed by atoms with Gasteiger partial charge in [0.1, 0.15) is 11.5 Å². The van der Waals surface area contributed by atoms with Gasteiger partial charge in [-0.2, -0.15) is 0 Å². The van der Waals surface area contributed by atoms with E-state index in [9.17, 15) is 9.59 Å². The minimum Gasteiger partial charge on any atom is -0.497 e. The molecule has 196 valence electrons. The van der Waals surface area contributed by atoms with Crippen molar-refractivity contribution in [1.82, 2.24) is 10.2 Å². The van der Waals surface area contributed by atoms with Crippen LogP contribution in [0, 0.1) is 6.92 Å². The number of nitrogens with one attached hydrogen (secondary N) is 1. The van der Waals surface area contributed by atoms with Gasteiger partial charge in [0.05, 0.1) is 18.1 Å². The molecule has 1 N–H and O–H groups in total. The van der Waals surface area contributed by atoms with Gasteiger partial charge in [0.2, 0.25) is 0 Å². The van der Waals surface area contributed by atoms with E-state index in [1.807, 2.05) is 42.5 Å². The molecule has 0 atom stereocenters. The van der Waals surface area contributed by atoms with Crippen molar-refractivity contribution < 1.29 is 13.9 Å². The monoisotopic (exact) mass is 511 g/mol. The standard InChI is InChI=1S/C31H33N3O4/c1-22-28(35)26-13-7-14-27(30(26)38-29(22)23-9-4-3-5-10-23)31(36)32-15-8-16-33-17-19-34(20-18-33)24-11-6-12-25(21-24)37-2/h3-7,9-14,21H,8,15-20H2,1-2H3,(H,32,36). The summed E-state index contributed by atoms with van der Waals surface area (Å²) in [6.07, 6.45) is 0.841. The highest BCUT2D eigenvalue weighted by molar-refractivity contribution is 6.05. The Hall–Kier alpha value is -4.10. The van der Waals surface area contributed by atoms with Crippen molar-refractivity contribution in [1.29, 1.82) is 0 Å². The number of carbonyl (C=O) groups excluding carboxylic acids is 1. The summed E-state index contributed by atoms with van der Waals surface area (Å²) in [5, 5.41) is 3.44. The number of anilines is 1. The summed E-state index contributed by atoms with van der Waals surface area (Å²) in [4.78, 5) is 31.0. The van der Waals surface area contributed by atoms with Gasteiger partial charge in [0.25, 0.3) is 5.91 Å². The first kappa shape index (κ1) is 25.5. The molecule has 0 spiro atoms. The number of para-hydroxylation sites is 1. The van der Waals surface area contributed by atoms with E-state index in [1.165, 1.54) is 5.69 Å². The van der Waals surface area contributed by atoms with Gasteiger partial charge in [0, 0.05) is 55.6 Å². The Balaban J connectivity index is 1.19. The summed E-state index contributed by atoms with van der Waals surface area (Å²) < 4.78 is 11.5. The number of ether oxygens (including phenoxy) is 1. The third-order valence-corrected chi connectivity index (χ3v) is 7.15. The summed E-state index contributed by atoms with van der Waals surface area (Å²) in [6.45, 7) is 7.08. The van der Waals surface area contributed by atoms with Gasteiger partial charge in [-0.3, -0.25) is 14.5 Å². The average Bonchev–Trinajstić information content (AvgIpc) is 2.97. The van der Waals surface area contributed by atoms with Crippen LogP contribution in [-0.4, -0.2) is 57.2 Å². The summed E-state index contributed by atoms with van der Waals surface area (Å²) >= 11 is 0. The number of benzene rings is 3. The van der Waals surface area contributed by atoms with E-state index in [4.69, 9.17) is 9.15 Å². The minimum absolute atomic E-state index is 0.118. The zero-order valence-corrected chi connectivity index (χ0v) is 21.9. The predicted molar refractivity (Wildman–Crippen MR) is 151 cm³/mol. The number of nitrogens with zero attached hydrogens (tertiary/aromatic N) is 2. The number of hydrogen-bond acceptors (Lipinski definition) is 6. The number of amides is 1. The average molecular weight is 512 g/mol. The molecule has 3 aromatic carbocycles. The molecule has 0 unspecified atom stereocenters. The molecule has 1 aromatic heterocycles. The molecule has 2 heterocycles. The predicted octanol–water partition coefficient (Wildman–Crippen LogP) is 4.72. The van der Waals surface area contributed by atoms with Crippen LogP contribution in [0.4, 0.5) is 5.69 Å². The molecule has 1 aliphatic heterocycles. The van der Waals surface area contributed by atoms with Gasteiger partial charge in [-0.05, 0) is 44.2 Å². The number of piperazine rings is 1. The Morgan fingerprint density at radius 3 is 2.50 bits per heavy atom. The lowest BCUT2D eigenvalue weighted by atomic mass is 10.0. The third kappa shape index (κ3) is 5.43. The van der Waals surface area contributed by atoms with Crippen LogP contribution >= 0.6 is 0 Å². The van der Waals surface area contributed by atoms with Crippen LogP contribution in [0.2, 0.25) is 0 Å². The maximum Gasteiger partial charge on any atom is 0.255 e. The second kappa shape index (κ2) is 11.5. The molecular formula is C31H33N3O4. The zero-order valence-electron chi connectivity index (χ0n) is 21.9. The molecule has 7 heteroatoms. The van der Waals surface area contributed by atoms with Gasteiger partial charge in [-0.15, -0.1) is 0 Å². The lowest BCUT2D eigenvalue weighted by molar-refractivity contribution is 0.0952. The van der Waals surface area contributed by atoms with Crippen molar-refractivity contribution >= 4 is 22.6 Å². The molecule has 0 radical (unpaired) electrons. The Labute approximate surface area is 222 Å². The second-order valence-corrected chi connectivity index (χ2v) is 9.57. The van der Waals surface area contributed by atoms with Crippen molar-refractivity contribution in [3.8, 4) is 17.1 Å². The molecule has 38 heavy (non-hydrogen) atoms. The number of hydrogen-bond donors (Lipinski definition) is 1. The van der Waals surface area contributed by atoms with Crippen LogP contribution in [0.3, 0.4) is 0 Å². The highest BCUT2D eigenvalue weighted by Crippen LogP contribution is 2.27. The van der Waals surface area contributed by atoms with E-state index in [0.717, 1.165) is 50.5 Å². The maximum atomic E-state index is 13.1. The van der Waals surface area contributed by atoms with Crippen LogP contribution in [0.1, 0.15) is 22.3 Å². The molecule has 5 rings (SSSR count). The van der Waals surface area contributed by atoms with Crippen LogP contribution in [0.15, 0.2) is 82.0 Å². The van der Waals surface area contributed by atoms with Gasteiger partial charge in [-0.1, -0.05) is 42.5 Å². The van der Waals surface area contributed by atoms with E-state index in [2.05, 4.69) is 27.2 Å². The number of fused-ring (bicyclic) bond motifs is 1. The highest BCUT2D eigenvalue weighted by Gasteiger charge is 2.19. The summed E-state index contributed by atoms with van der Waals surface area (Å²) in [5.74, 6) is 1.14. The van der Waals surface area contributed by atoms with Gasteiger partial charge in [0.15, 0.2) is 11.0 Å². The van der Waals surface area contributed by atoms with E-state index >= 15 is 0 Å². The topological polar surface area (TPSA) is 75.0 Å². The van der Waals surface area contributed by atoms with Crippen LogP contribution in [-0.2, 0) is 0 Å². The minimum atomic E-state index is -0.232. The quantitative estimate of drug-likeness (QED) is 0.345. The molecule has 1 amide bonds. The fourth-order valence-electron chi connectivity index (χ4n) is 4.99. The fourth-order valence-corrected chi connectivity index (χ4v) is 4.99. The lowest BCUT2D eigenvalue weighted by Crippen LogP contribution is -2.47. The van der Waals surface area contributed by atoms with Crippen molar-refractivity contribution in [2.24, 2.45) is 0 Å². The fraction of sp³-hybridized carbons (Fsp3) is 0.290. The van der Waals surface area contributed by atoms with Crippen LogP contribution in [0.25, 0.3) is 22.3 Å². The third-order valence-electron chi connectivity index (χ3n) is 7.15. The van der Waals surface area contributed by atoms with Gasteiger partial charge < -0.3 is 19.4 Å². The van der Waals surface area contributed by atoms with Crippen molar-refractivity contribution in [3.05, 3.63) is 94.1 Å². The number of carbonyl (C=O) groups is 1. The number of methoxy groups -OCH3 is 1.